The van der Waals surface area contributed by atoms with E-state index in [9.17, 15) is 4.39 Å². The maximum Gasteiger partial charge on any atom is 0.124 e. The normalized spacial score (nSPS) is 25.7. The summed E-state index contributed by atoms with van der Waals surface area (Å²) in [6.45, 7) is 1.76. The molecule has 88 valence electrons. The molecule has 2 nitrogen and oxygen atoms in total. The van der Waals surface area contributed by atoms with Crippen LogP contribution in [0, 0.1) is 5.82 Å². The Hall–Kier alpha value is -0.640. The van der Waals surface area contributed by atoms with Crippen LogP contribution in [-0.2, 0) is 4.74 Å². The summed E-state index contributed by atoms with van der Waals surface area (Å²) in [5, 5.41) is 3.77. The monoisotopic (exact) mass is 243 g/mol. The highest BCUT2D eigenvalue weighted by Gasteiger charge is 2.27. The van der Waals surface area contributed by atoms with E-state index >= 15 is 0 Å². The lowest BCUT2D eigenvalue weighted by molar-refractivity contribution is 0.0625. The number of nitrogens with one attached hydrogen (secondary N) is 1. The van der Waals surface area contributed by atoms with E-state index in [1.54, 1.807) is 13.2 Å². The van der Waals surface area contributed by atoms with Crippen molar-refractivity contribution in [2.75, 3.05) is 20.2 Å². The van der Waals surface area contributed by atoms with Crippen molar-refractivity contribution in [3.05, 3.63) is 34.6 Å². The fourth-order valence-electron chi connectivity index (χ4n) is 2.24. The van der Waals surface area contributed by atoms with Gasteiger partial charge in [-0.1, -0.05) is 17.7 Å². The molecule has 0 amide bonds. The molecule has 0 saturated carbocycles. The highest BCUT2D eigenvalue weighted by molar-refractivity contribution is 6.31. The topological polar surface area (TPSA) is 21.3 Å². The molecule has 2 atom stereocenters. The Labute approximate surface area is 99.7 Å². The molecule has 1 aliphatic heterocycles. The Balaban J connectivity index is 2.27. The van der Waals surface area contributed by atoms with Gasteiger partial charge in [-0.2, -0.15) is 0 Å². The van der Waals surface area contributed by atoms with E-state index in [1.807, 2.05) is 0 Å². The fourth-order valence-corrected chi connectivity index (χ4v) is 2.54. The maximum atomic E-state index is 13.0. The van der Waals surface area contributed by atoms with Crippen molar-refractivity contribution in [2.45, 2.75) is 18.4 Å². The second-order valence-electron chi connectivity index (χ2n) is 4.04. The molecule has 4 heteroatoms. The van der Waals surface area contributed by atoms with Gasteiger partial charge >= 0.3 is 0 Å². The first-order valence-corrected chi connectivity index (χ1v) is 5.78. The highest BCUT2D eigenvalue weighted by Crippen LogP contribution is 2.32. The lowest BCUT2D eigenvalue weighted by Crippen LogP contribution is -2.40. The maximum absolute atomic E-state index is 13.0. The van der Waals surface area contributed by atoms with Crippen molar-refractivity contribution in [3.8, 4) is 0 Å². The van der Waals surface area contributed by atoms with Crippen LogP contribution in [0.3, 0.4) is 0 Å². The van der Waals surface area contributed by atoms with Crippen molar-refractivity contribution >= 4 is 11.6 Å². The van der Waals surface area contributed by atoms with E-state index in [1.165, 1.54) is 12.1 Å². The van der Waals surface area contributed by atoms with E-state index in [-0.39, 0.29) is 17.8 Å². The molecule has 0 radical (unpaired) electrons. The lowest BCUT2D eigenvalue weighted by Gasteiger charge is -2.31. The van der Waals surface area contributed by atoms with E-state index in [2.05, 4.69) is 5.32 Å². The molecule has 1 fully saturated rings. The molecule has 2 unspecified atom stereocenters. The summed E-state index contributed by atoms with van der Waals surface area (Å²) >= 11 is 6.07. The second kappa shape index (κ2) is 5.13. The third-order valence-electron chi connectivity index (χ3n) is 3.09. The number of methoxy groups -OCH3 is 1. The summed E-state index contributed by atoms with van der Waals surface area (Å²) < 4.78 is 18.4. The van der Waals surface area contributed by atoms with Crippen LogP contribution in [0.2, 0.25) is 5.02 Å². The molecule has 2 rings (SSSR count). The van der Waals surface area contributed by atoms with Crippen LogP contribution in [0.4, 0.5) is 4.39 Å². The first kappa shape index (κ1) is 11.8. The summed E-state index contributed by atoms with van der Waals surface area (Å²) in [7, 11) is 1.70. The molecule has 0 spiro atoms. The summed E-state index contributed by atoms with van der Waals surface area (Å²) in [4.78, 5) is 0. The first-order valence-electron chi connectivity index (χ1n) is 5.41. The van der Waals surface area contributed by atoms with E-state index < -0.39 is 0 Å². The molecule has 16 heavy (non-hydrogen) atoms. The molecular formula is C12H15ClFNO. The van der Waals surface area contributed by atoms with Crippen LogP contribution in [-0.4, -0.2) is 26.3 Å². The molecule has 1 aromatic rings. The average molecular weight is 244 g/mol. The molecule has 1 saturated heterocycles. The van der Waals surface area contributed by atoms with E-state index in [0.29, 0.717) is 5.02 Å². The van der Waals surface area contributed by atoms with E-state index in [0.717, 1.165) is 25.1 Å². The Morgan fingerprint density at radius 2 is 2.31 bits per heavy atom. The van der Waals surface area contributed by atoms with Gasteiger partial charge in [0.25, 0.3) is 0 Å². The van der Waals surface area contributed by atoms with Crippen LogP contribution in [0.15, 0.2) is 18.2 Å². The zero-order valence-electron chi connectivity index (χ0n) is 9.17. The molecule has 0 bridgehead atoms. The quantitative estimate of drug-likeness (QED) is 0.862. The molecular weight excluding hydrogens is 229 g/mol. The molecule has 1 aromatic carbocycles. The molecule has 0 aliphatic carbocycles. The van der Waals surface area contributed by atoms with Gasteiger partial charge in [0, 0.05) is 24.6 Å². The average Bonchev–Trinajstić information content (AvgIpc) is 2.29. The number of piperidine rings is 1. The Bertz CT molecular complexity index is 372. The second-order valence-corrected chi connectivity index (χ2v) is 4.45. The molecule has 1 heterocycles. The number of halogens is 2. The van der Waals surface area contributed by atoms with Gasteiger partial charge in [-0.05, 0) is 30.7 Å². The summed E-state index contributed by atoms with van der Waals surface area (Å²) in [5.41, 5.74) is 0.983. The van der Waals surface area contributed by atoms with Gasteiger partial charge in [-0.3, -0.25) is 0 Å². The number of hydrogen-bond acceptors (Lipinski definition) is 2. The van der Waals surface area contributed by atoms with Crippen molar-refractivity contribution in [1.29, 1.82) is 0 Å². The van der Waals surface area contributed by atoms with Crippen LogP contribution in [0.25, 0.3) is 0 Å². The predicted molar refractivity (Wildman–Crippen MR) is 62.4 cm³/mol. The van der Waals surface area contributed by atoms with E-state index in [4.69, 9.17) is 16.3 Å². The van der Waals surface area contributed by atoms with Crippen LogP contribution < -0.4 is 5.32 Å². The van der Waals surface area contributed by atoms with Crippen LogP contribution in [0.5, 0.6) is 0 Å². The van der Waals surface area contributed by atoms with Crippen molar-refractivity contribution in [3.63, 3.8) is 0 Å². The smallest absolute Gasteiger partial charge is 0.124 e. The Morgan fingerprint density at radius 3 is 3.00 bits per heavy atom. The largest absolute Gasteiger partial charge is 0.379 e. The van der Waals surface area contributed by atoms with Gasteiger partial charge < -0.3 is 10.1 Å². The van der Waals surface area contributed by atoms with Gasteiger partial charge in [0.05, 0.1) is 6.10 Å². The molecule has 0 aromatic heterocycles. The number of rotatable bonds is 2. The van der Waals surface area contributed by atoms with Crippen LogP contribution in [0.1, 0.15) is 17.9 Å². The summed E-state index contributed by atoms with van der Waals surface area (Å²) in [5.74, 6) is -0.0454. The lowest BCUT2D eigenvalue weighted by atomic mass is 9.87. The SMILES string of the molecule is COC1CNCCC1c1ccc(F)cc1Cl. The molecule has 1 aliphatic rings. The Morgan fingerprint density at radius 1 is 1.50 bits per heavy atom. The van der Waals surface area contributed by atoms with Crippen molar-refractivity contribution < 1.29 is 9.13 Å². The van der Waals surface area contributed by atoms with Crippen molar-refractivity contribution in [2.24, 2.45) is 0 Å². The van der Waals surface area contributed by atoms with Gasteiger partial charge in [-0.25, -0.2) is 4.39 Å². The summed E-state index contributed by atoms with van der Waals surface area (Å²) in [6.07, 6.45) is 1.07. The zero-order valence-corrected chi connectivity index (χ0v) is 9.93. The minimum atomic E-state index is -0.295. The van der Waals surface area contributed by atoms with Gasteiger partial charge in [0.15, 0.2) is 0 Å². The third kappa shape index (κ3) is 2.37. The summed E-state index contributed by atoms with van der Waals surface area (Å²) in [6, 6.07) is 4.58. The predicted octanol–water partition coefficient (Wildman–Crippen LogP) is 2.57. The van der Waals surface area contributed by atoms with Gasteiger partial charge in [0.2, 0.25) is 0 Å². The first-order chi connectivity index (χ1) is 7.72. The fraction of sp³-hybridized carbons (Fsp3) is 0.500. The molecule has 1 N–H and O–H groups in total. The van der Waals surface area contributed by atoms with Crippen LogP contribution >= 0.6 is 11.6 Å². The standard InChI is InChI=1S/C12H15ClFNO/c1-16-12-7-15-5-4-10(12)9-3-2-8(14)6-11(9)13/h2-3,6,10,12,15H,4-5,7H2,1H3. The number of hydrogen-bond donors (Lipinski definition) is 1. The minimum absolute atomic E-state index is 0.108. The minimum Gasteiger partial charge on any atom is -0.379 e. The Kier molecular flexibility index (Phi) is 3.79. The van der Waals surface area contributed by atoms with Gasteiger partial charge in [0.1, 0.15) is 5.82 Å². The van der Waals surface area contributed by atoms with Crippen molar-refractivity contribution in [1.82, 2.24) is 5.32 Å². The third-order valence-corrected chi connectivity index (χ3v) is 3.42. The number of ether oxygens (including phenoxy) is 1. The zero-order chi connectivity index (χ0) is 11.5. The van der Waals surface area contributed by atoms with Gasteiger partial charge in [-0.15, -0.1) is 0 Å². The highest BCUT2D eigenvalue weighted by atomic mass is 35.5. The number of benzene rings is 1.